The Morgan fingerprint density at radius 3 is 2.87 bits per heavy atom. The Balaban J connectivity index is 2.66. The van der Waals surface area contributed by atoms with Crippen LogP contribution in [-0.4, -0.2) is 23.1 Å². The standard InChI is InChI=1S/C10H16FN3O/c1-3-5-12-10-13-7-8(11)9(14-10)15-6-4-2/h7H,3-6H2,1-2H3,(H,12,13,14). The van der Waals surface area contributed by atoms with Crippen LogP contribution in [0.3, 0.4) is 0 Å². The van der Waals surface area contributed by atoms with Crippen LogP contribution in [0.4, 0.5) is 10.3 Å². The van der Waals surface area contributed by atoms with Crippen molar-refractivity contribution in [3.8, 4) is 5.88 Å². The lowest BCUT2D eigenvalue weighted by Crippen LogP contribution is -2.07. The predicted molar refractivity (Wildman–Crippen MR) is 56.6 cm³/mol. The van der Waals surface area contributed by atoms with Crippen molar-refractivity contribution in [1.29, 1.82) is 0 Å². The van der Waals surface area contributed by atoms with E-state index in [0.29, 0.717) is 12.6 Å². The predicted octanol–water partition coefficient (Wildman–Crippen LogP) is 2.23. The van der Waals surface area contributed by atoms with Gasteiger partial charge in [-0.25, -0.2) is 4.98 Å². The largest absolute Gasteiger partial charge is 0.475 e. The normalized spacial score (nSPS) is 10.1. The van der Waals surface area contributed by atoms with E-state index in [1.54, 1.807) is 0 Å². The van der Waals surface area contributed by atoms with E-state index in [2.05, 4.69) is 15.3 Å². The van der Waals surface area contributed by atoms with Crippen LogP contribution in [0.15, 0.2) is 6.20 Å². The molecule has 0 amide bonds. The van der Waals surface area contributed by atoms with Crippen LogP contribution in [0.5, 0.6) is 5.88 Å². The first kappa shape index (κ1) is 11.7. The minimum atomic E-state index is -0.523. The molecule has 0 bridgehead atoms. The van der Waals surface area contributed by atoms with Crippen molar-refractivity contribution in [2.24, 2.45) is 0 Å². The smallest absolute Gasteiger partial charge is 0.255 e. The van der Waals surface area contributed by atoms with Crippen LogP contribution >= 0.6 is 0 Å². The molecule has 5 heteroatoms. The van der Waals surface area contributed by atoms with Gasteiger partial charge in [0, 0.05) is 6.54 Å². The van der Waals surface area contributed by atoms with E-state index in [-0.39, 0.29) is 5.88 Å². The van der Waals surface area contributed by atoms with Crippen molar-refractivity contribution >= 4 is 5.95 Å². The average Bonchev–Trinajstić information content (AvgIpc) is 2.26. The maximum absolute atomic E-state index is 13.1. The van der Waals surface area contributed by atoms with Gasteiger partial charge in [-0.3, -0.25) is 0 Å². The molecule has 0 aliphatic rings. The van der Waals surface area contributed by atoms with Crippen LogP contribution in [-0.2, 0) is 0 Å². The Morgan fingerprint density at radius 1 is 1.40 bits per heavy atom. The minimum Gasteiger partial charge on any atom is -0.475 e. The van der Waals surface area contributed by atoms with Crippen molar-refractivity contribution in [2.45, 2.75) is 26.7 Å². The molecule has 84 valence electrons. The fraction of sp³-hybridized carbons (Fsp3) is 0.600. The van der Waals surface area contributed by atoms with E-state index in [1.807, 2.05) is 13.8 Å². The summed E-state index contributed by atoms with van der Waals surface area (Å²) >= 11 is 0. The fourth-order valence-electron chi connectivity index (χ4n) is 0.973. The molecule has 1 aromatic rings. The number of ether oxygens (including phenoxy) is 1. The van der Waals surface area contributed by atoms with Gasteiger partial charge < -0.3 is 10.1 Å². The molecule has 0 aliphatic heterocycles. The number of rotatable bonds is 6. The third-order valence-electron chi connectivity index (χ3n) is 1.69. The van der Waals surface area contributed by atoms with E-state index in [4.69, 9.17) is 4.74 Å². The molecule has 0 spiro atoms. The monoisotopic (exact) mass is 213 g/mol. The Hall–Kier alpha value is -1.39. The lowest BCUT2D eigenvalue weighted by atomic mass is 10.5. The third kappa shape index (κ3) is 3.69. The molecule has 4 nitrogen and oxygen atoms in total. The van der Waals surface area contributed by atoms with Gasteiger partial charge in [0.1, 0.15) is 0 Å². The van der Waals surface area contributed by atoms with Crippen molar-refractivity contribution in [3.63, 3.8) is 0 Å². The van der Waals surface area contributed by atoms with Gasteiger partial charge in [0.15, 0.2) is 0 Å². The molecule has 0 atom stereocenters. The number of hydrogen-bond donors (Lipinski definition) is 1. The molecule has 0 saturated heterocycles. The molecular formula is C10H16FN3O. The van der Waals surface area contributed by atoms with E-state index < -0.39 is 5.82 Å². The number of halogens is 1. The quantitative estimate of drug-likeness (QED) is 0.787. The van der Waals surface area contributed by atoms with Gasteiger partial charge in [-0.2, -0.15) is 9.37 Å². The SMILES string of the molecule is CCCNc1ncc(F)c(OCCC)n1. The number of nitrogens with zero attached hydrogens (tertiary/aromatic N) is 2. The van der Waals surface area contributed by atoms with Crippen LogP contribution in [0, 0.1) is 5.82 Å². The van der Waals surface area contributed by atoms with Gasteiger partial charge in [0.2, 0.25) is 11.8 Å². The zero-order valence-corrected chi connectivity index (χ0v) is 9.09. The molecule has 0 aromatic carbocycles. The molecule has 0 unspecified atom stereocenters. The molecule has 0 aliphatic carbocycles. The van der Waals surface area contributed by atoms with E-state index >= 15 is 0 Å². The highest BCUT2D eigenvalue weighted by molar-refractivity contribution is 5.28. The summed E-state index contributed by atoms with van der Waals surface area (Å²) in [4.78, 5) is 7.74. The molecule has 0 fully saturated rings. The zero-order chi connectivity index (χ0) is 11.1. The lowest BCUT2D eigenvalue weighted by molar-refractivity contribution is 0.287. The summed E-state index contributed by atoms with van der Waals surface area (Å²) in [6.45, 7) is 5.21. The van der Waals surface area contributed by atoms with Gasteiger partial charge >= 0.3 is 0 Å². The first-order chi connectivity index (χ1) is 7.27. The average molecular weight is 213 g/mol. The summed E-state index contributed by atoms with van der Waals surface area (Å²) in [5.74, 6) is -0.0969. The summed E-state index contributed by atoms with van der Waals surface area (Å²) in [6, 6.07) is 0. The summed E-state index contributed by atoms with van der Waals surface area (Å²) in [5, 5.41) is 2.97. The summed E-state index contributed by atoms with van der Waals surface area (Å²) in [7, 11) is 0. The Bertz CT molecular complexity index is 307. The minimum absolute atomic E-state index is 0.0189. The molecule has 1 rings (SSSR count). The van der Waals surface area contributed by atoms with Gasteiger partial charge in [-0.05, 0) is 12.8 Å². The van der Waals surface area contributed by atoms with Crippen molar-refractivity contribution < 1.29 is 9.13 Å². The lowest BCUT2D eigenvalue weighted by Gasteiger charge is -2.07. The second kappa shape index (κ2) is 6.16. The van der Waals surface area contributed by atoms with E-state index in [1.165, 1.54) is 0 Å². The summed E-state index contributed by atoms with van der Waals surface area (Å²) in [6.07, 6.45) is 2.91. The Kier molecular flexibility index (Phi) is 4.80. The number of aromatic nitrogens is 2. The highest BCUT2D eigenvalue weighted by atomic mass is 19.1. The fourth-order valence-corrected chi connectivity index (χ4v) is 0.973. The Morgan fingerprint density at radius 2 is 2.20 bits per heavy atom. The number of anilines is 1. The third-order valence-corrected chi connectivity index (χ3v) is 1.69. The summed E-state index contributed by atoms with van der Waals surface area (Å²) in [5.41, 5.74) is 0. The van der Waals surface area contributed by atoms with E-state index in [9.17, 15) is 4.39 Å². The van der Waals surface area contributed by atoms with Crippen LogP contribution in [0.25, 0.3) is 0 Å². The topological polar surface area (TPSA) is 47.0 Å². The highest BCUT2D eigenvalue weighted by Gasteiger charge is 2.07. The van der Waals surface area contributed by atoms with Gasteiger partial charge in [0.25, 0.3) is 5.88 Å². The van der Waals surface area contributed by atoms with Crippen LogP contribution in [0.2, 0.25) is 0 Å². The second-order valence-corrected chi connectivity index (χ2v) is 3.12. The molecular weight excluding hydrogens is 197 g/mol. The van der Waals surface area contributed by atoms with Gasteiger partial charge in [-0.15, -0.1) is 0 Å². The molecule has 0 saturated carbocycles. The van der Waals surface area contributed by atoms with Crippen molar-refractivity contribution in [3.05, 3.63) is 12.0 Å². The van der Waals surface area contributed by atoms with Gasteiger partial charge in [-0.1, -0.05) is 13.8 Å². The number of hydrogen-bond acceptors (Lipinski definition) is 4. The summed E-state index contributed by atoms with van der Waals surface area (Å²) < 4.78 is 18.3. The molecule has 15 heavy (non-hydrogen) atoms. The first-order valence-electron chi connectivity index (χ1n) is 5.17. The van der Waals surface area contributed by atoms with Crippen molar-refractivity contribution in [2.75, 3.05) is 18.5 Å². The van der Waals surface area contributed by atoms with E-state index in [0.717, 1.165) is 25.6 Å². The highest BCUT2D eigenvalue weighted by Crippen LogP contribution is 2.14. The first-order valence-corrected chi connectivity index (χ1v) is 5.17. The molecule has 0 radical (unpaired) electrons. The molecule has 1 heterocycles. The molecule has 1 aromatic heterocycles. The van der Waals surface area contributed by atoms with Crippen LogP contribution < -0.4 is 10.1 Å². The van der Waals surface area contributed by atoms with Crippen molar-refractivity contribution in [1.82, 2.24) is 9.97 Å². The van der Waals surface area contributed by atoms with Gasteiger partial charge in [0.05, 0.1) is 12.8 Å². The second-order valence-electron chi connectivity index (χ2n) is 3.12. The van der Waals surface area contributed by atoms with Crippen LogP contribution in [0.1, 0.15) is 26.7 Å². The number of nitrogens with one attached hydrogen (secondary N) is 1. The maximum Gasteiger partial charge on any atom is 0.255 e. The zero-order valence-electron chi connectivity index (χ0n) is 9.09. The maximum atomic E-state index is 13.1. The Labute approximate surface area is 88.9 Å². The molecule has 1 N–H and O–H groups in total.